The van der Waals surface area contributed by atoms with Gasteiger partial charge in [-0.15, -0.1) is 0 Å². The Morgan fingerprint density at radius 2 is 0.754 bits per heavy atom. The summed E-state index contributed by atoms with van der Waals surface area (Å²) in [6.07, 6.45) is 0. The van der Waals surface area contributed by atoms with Crippen LogP contribution in [0.1, 0.15) is 0 Å². The van der Waals surface area contributed by atoms with Crippen LogP contribution in [0.15, 0.2) is 205 Å². The van der Waals surface area contributed by atoms with Gasteiger partial charge in [0.1, 0.15) is 11.2 Å². The molecule has 57 heavy (non-hydrogen) atoms. The lowest BCUT2D eigenvalue weighted by atomic mass is 9.96. The normalized spacial score (nSPS) is 11.5. The molecule has 2 aromatic heterocycles. The van der Waals surface area contributed by atoms with Crippen molar-refractivity contribution in [1.82, 2.24) is 15.0 Å². The lowest BCUT2D eigenvalue weighted by molar-refractivity contribution is 0.669. The van der Waals surface area contributed by atoms with Crippen LogP contribution in [0.5, 0.6) is 0 Å². The summed E-state index contributed by atoms with van der Waals surface area (Å²) in [6.45, 7) is 0. The Morgan fingerprint density at radius 1 is 0.281 bits per heavy atom. The van der Waals surface area contributed by atoms with Crippen molar-refractivity contribution in [2.75, 3.05) is 0 Å². The molecule has 0 aliphatic heterocycles. The zero-order valence-electron chi connectivity index (χ0n) is 30.8. The first kappa shape index (κ1) is 32.7. The van der Waals surface area contributed by atoms with Gasteiger partial charge in [0, 0.05) is 27.5 Å². The molecular formula is C53H33N3O. The molecule has 0 bridgehead atoms. The second-order valence-corrected chi connectivity index (χ2v) is 14.4. The Morgan fingerprint density at radius 3 is 1.51 bits per heavy atom. The molecule has 0 amide bonds. The van der Waals surface area contributed by atoms with Crippen LogP contribution in [0.3, 0.4) is 0 Å². The minimum absolute atomic E-state index is 0.623. The molecule has 11 aromatic rings. The first-order valence-corrected chi connectivity index (χ1v) is 19.2. The van der Waals surface area contributed by atoms with E-state index in [0.717, 1.165) is 77.2 Å². The fourth-order valence-corrected chi connectivity index (χ4v) is 8.15. The van der Waals surface area contributed by atoms with Gasteiger partial charge in [-0.1, -0.05) is 182 Å². The Bertz CT molecular complexity index is 3280. The molecule has 4 nitrogen and oxygen atoms in total. The number of hydrogen-bond donors (Lipinski definition) is 0. The Balaban J connectivity index is 0.994. The van der Waals surface area contributed by atoms with Gasteiger partial charge in [0.25, 0.3) is 0 Å². The van der Waals surface area contributed by atoms with Crippen molar-refractivity contribution in [2.24, 2.45) is 0 Å². The molecule has 11 rings (SSSR count). The lowest BCUT2D eigenvalue weighted by Crippen LogP contribution is -2.00. The van der Waals surface area contributed by atoms with Crippen LogP contribution in [-0.2, 0) is 0 Å². The van der Waals surface area contributed by atoms with E-state index >= 15 is 0 Å². The van der Waals surface area contributed by atoms with Gasteiger partial charge < -0.3 is 4.42 Å². The maximum Gasteiger partial charge on any atom is 0.164 e. The molecule has 0 atom stereocenters. The molecule has 2 heterocycles. The Labute approximate surface area is 329 Å². The van der Waals surface area contributed by atoms with Crippen molar-refractivity contribution >= 4 is 43.5 Å². The monoisotopic (exact) mass is 727 g/mol. The molecule has 4 heteroatoms. The number of rotatable bonds is 6. The summed E-state index contributed by atoms with van der Waals surface area (Å²) in [7, 11) is 0. The van der Waals surface area contributed by atoms with Crippen molar-refractivity contribution in [2.45, 2.75) is 0 Å². The smallest absolute Gasteiger partial charge is 0.164 e. The molecule has 0 aliphatic carbocycles. The van der Waals surface area contributed by atoms with Gasteiger partial charge in [-0.3, -0.25) is 0 Å². The van der Waals surface area contributed by atoms with Gasteiger partial charge in [0.05, 0.1) is 0 Å². The van der Waals surface area contributed by atoms with Gasteiger partial charge in [-0.2, -0.15) is 0 Å². The van der Waals surface area contributed by atoms with Crippen LogP contribution in [0.4, 0.5) is 0 Å². The highest BCUT2D eigenvalue weighted by Crippen LogP contribution is 2.38. The van der Waals surface area contributed by atoms with Gasteiger partial charge >= 0.3 is 0 Å². The average molecular weight is 728 g/mol. The van der Waals surface area contributed by atoms with Crippen molar-refractivity contribution in [1.29, 1.82) is 0 Å². The van der Waals surface area contributed by atoms with Crippen molar-refractivity contribution in [3.8, 4) is 67.5 Å². The number of fused-ring (bicyclic) bond motifs is 5. The predicted octanol–water partition coefficient (Wildman–Crippen LogP) is 14.1. The Hall–Kier alpha value is -7.69. The van der Waals surface area contributed by atoms with E-state index < -0.39 is 0 Å². The molecule has 0 unspecified atom stereocenters. The largest absolute Gasteiger partial charge is 0.456 e. The number of nitrogens with zero attached hydrogens (tertiary/aromatic N) is 3. The van der Waals surface area contributed by atoms with E-state index in [2.05, 4.69) is 182 Å². The summed E-state index contributed by atoms with van der Waals surface area (Å²) in [5.74, 6) is 1.89. The minimum Gasteiger partial charge on any atom is -0.456 e. The maximum atomic E-state index is 6.18. The van der Waals surface area contributed by atoms with Crippen LogP contribution in [0.25, 0.3) is 111 Å². The summed E-state index contributed by atoms with van der Waals surface area (Å²) < 4.78 is 6.18. The first-order valence-electron chi connectivity index (χ1n) is 19.2. The van der Waals surface area contributed by atoms with E-state index in [1.165, 1.54) is 16.3 Å². The van der Waals surface area contributed by atoms with E-state index in [0.29, 0.717) is 17.5 Å². The highest BCUT2D eigenvalue weighted by molar-refractivity contribution is 6.12. The summed E-state index contributed by atoms with van der Waals surface area (Å²) >= 11 is 0. The van der Waals surface area contributed by atoms with Crippen LogP contribution >= 0.6 is 0 Å². The second kappa shape index (κ2) is 13.6. The molecule has 0 saturated carbocycles. The Kier molecular flexibility index (Phi) is 7.78. The highest BCUT2D eigenvalue weighted by atomic mass is 16.3. The third kappa shape index (κ3) is 5.83. The molecule has 266 valence electrons. The number of furan rings is 1. The highest BCUT2D eigenvalue weighted by Gasteiger charge is 2.16. The third-order valence-electron chi connectivity index (χ3n) is 11.0. The topological polar surface area (TPSA) is 51.8 Å². The van der Waals surface area contributed by atoms with Crippen LogP contribution in [0.2, 0.25) is 0 Å². The maximum absolute atomic E-state index is 6.18. The van der Waals surface area contributed by atoms with Crippen molar-refractivity contribution in [3.63, 3.8) is 0 Å². The molecule has 0 fully saturated rings. The quantitative estimate of drug-likeness (QED) is 0.171. The fraction of sp³-hybridized carbons (Fsp3) is 0. The minimum atomic E-state index is 0.623. The molecule has 9 aromatic carbocycles. The standard InChI is InChI=1S/C53H33N3O/c1-3-17-42-35(11-1)13-8-20-43(42)37-29-31-39(32-30-37)51-54-52(56-53(55-51)46-22-9-14-36-12-2-4-18-44(36)46)41-16-7-15-40(33-41)34-25-27-38(28-26-34)45-21-10-24-49-50(45)47-19-5-6-23-48(47)57-49/h1-33H. The van der Waals surface area contributed by atoms with Crippen LogP contribution in [-0.4, -0.2) is 15.0 Å². The van der Waals surface area contributed by atoms with E-state index in [1.54, 1.807) is 0 Å². The number of para-hydroxylation sites is 1. The summed E-state index contributed by atoms with van der Waals surface area (Å²) in [5.41, 5.74) is 11.4. The lowest BCUT2D eigenvalue weighted by Gasteiger charge is -2.12. The van der Waals surface area contributed by atoms with Crippen molar-refractivity contribution in [3.05, 3.63) is 200 Å². The molecule has 0 radical (unpaired) electrons. The van der Waals surface area contributed by atoms with Crippen LogP contribution in [0, 0.1) is 0 Å². The molecule has 0 N–H and O–H groups in total. The molecule has 0 aliphatic rings. The number of benzene rings is 9. The predicted molar refractivity (Wildman–Crippen MR) is 235 cm³/mol. The third-order valence-corrected chi connectivity index (χ3v) is 11.0. The number of aromatic nitrogens is 3. The second-order valence-electron chi connectivity index (χ2n) is 14.4. The van der Waals surface area contributed by atoms with Crippen molar-refractivity contribution < 1.29 is 4.42 Å². The molecule has 0 spiro atoms. The van der Waals surface area contributed by atoms with E-state index in [9.17, 15) is 0 Å². The number of hydrogen-bond acceptors (Lipinski definition) is 4. The first-order chi connectivity index (χ1) is 28.2. The summed E-state index contributed by atoms with van der Waals surface area (Å²) in [5, 5.41) is 6.95. The van der Waals surface area contributed by atoms with E-state index in [4.69, 9.17) is 19.4 Å². The van der Waals surface area contributed by atoms with E-state index in [-0.39, 0.29) is 0 Å². The molecular weight excluding hydrogens is 695 g/mol. The SMILES string of the molecule is c1cc(-c2ccc(-c3cccc4oc5ccccc5c34)cc2)cc(-c2nc(-c3ccc(-c4cccc5ccccc45)cc3)nc(-c3cccc4ccccc34)n2)c1. The summed E-state index contributed by atoms with van der Waals surface area (Å²) in [4.78, 5) is 15.4. The fourth-order valence-electron chi connectivity index (χ4n) is 8.15. The zero-order chi connectivity index (χ0) is 37.7. The van der Waals surface area contributed by atoms with Gasteiger partial charge in [0.2, 0.25) is 0 Å². The summed E-state index contributed by atoms with van der Waals surface area (Å²) in [6, 6.07) is 70.0. The van der Waals surface area contributed by atoms with Gasteiger partial charge in [-0.25, -0.2) is 15.0 Å². The molecule has 0 saturated heterocycles. The van der Waals surface area contributed by atoms with E-state index in [1.807, 2.05) is 18.2 Å². The van der Waals surface area contributed by atoms with Gasteiger partial charge in [-0.05, 0) is 73.1 Å². The average Bonchev–Trinajstić information content (AvgIpc) is 3.68. The van der Waals surface area contributed by atoms with Gasteiger partial charge in [0.15, 0.2) is 17.5 Å². The van der Waals surface area contributed by atoms with Crippen LogP contribution < -0.4 is 0 Å². The zero-order valence-corrected chi connectivity index (χ0v) is 30.8.